The SMILES string of the molecule is CC(C)n1ncnc1COc1cccc2c1CCC2=O. The van der Waals surface area contributed by atoms with Gasteiger partial charge in [0, 0.05) is 23.6 Å². The van der Waals surface area contributed by atoms with Crippen LogP contribution in [0.15, 0.2) is 24.5 Å². The zero-order valence-corrected chi connectivity index (χ0v) is 11.7. The van der Waals surface area contributed by atoms with E-state index in [2.05, 4.69) is 23.9 Å². The molecule has 0 amide bonds. The third-order valence-corrected chi connectivity index (χ3v) is 3.53. The van der Waals surface area contributed by atoms with E-state index in [0.717, 1.165) is 29.1 Å². The Morgan fingerprint density at radius 2 is 2.20 bits per heavy atom. The Kier molecular flexibility index (Phi) is 3.26. The molecule has 2 aromatic rings. The van der Waals surface area contributed by atoms with E-state index in [-0.39, 0.29) is 11.8 Å². The van der Waals surface area contributed by atoms with Crippen molar-refractivity contribution in [3.05, 3.63) is 41.5 Å². The van der Waals surface area contributed by atoms with Crippen LogP contribution in [-0.4, -0.2) is 20.5 Å². The van der Waals surface area contributed by atoms with Gasteiger partial charge in [-0.15, -0.1) is 0 Å². The molecular formula is C15H17N3O2. The molecular weight excluding hydrogens is 254 g/mol. The zero-order valence-electron chi connectivity index (χ0n) is 11.7. The molecule has 0 N–H and O–H groups in total. The van der Waals surface area contributed by atoms with Crippen LogP contribution in [0.1, 0.15) is 48.1 Å². The van der Waals surface area contributed by atoms with Crippen molar-refractivity contribution >= 4 is 5.78 Å². The normalized spacial score (nSPS) is 13.8. The van der Waals surface area contributed by atoms with Gasteiger partial charge in [-0.2, -0.15) is 5.10 Å². The molecule has 0 aliphatic heterocycles. The molecule has 5 heteroatoms. The van der Waals surface area contributed by atoms with Crippen LogP contribution in [0, 0.1) is 0 Å². The highest BCUT2D eigenvalue weighted by Crippen LogP contribution is 2.30. The van der Waals surface area contributed by atoms with Crippen LogP contribution >= 0.6 is 0 Å². The Balaban J connectivity index is 1.80. The standard InChI is InChI=1S/C15H17N3O2/c1-10(2)18-15(16-9-17-18)8-20-14-5-3-4-11-12(14)6-7-13(11)19/h3-5,9-10H,6-8H2,1-2H3. The van der Waals surface area contributed by atoms with Crippen molar-refractivity contribution in [1.29, 1.82) is 0 Å². The third-order valence-electron chi connectivity index (χ3n) is 3.53. The molecule has 1 heterocycles. The number of benzene rings is 1. The molecule has 0 saturated carbocycles. The Bertz CT molecular complexity index is 646. The summed E-state index contributed by atoms with van der Waals surface area (Å²) in [6.07, 6.45) is 2.89. The minimum absolute atomic E-state index is 0.204. The molecule has 0 saturated heterocycles. The first-order valence-electron chi connectivity index (χ1n) is 6.83. The molecule has 0 radical (unpaired) electrons. The van der Waals surface area contributed by atoms with Crippen molar-refractivity contribution in [2.24, 2.45) is 0 Å². The lowest BCUT2D eigenvalue weighted by molar-refractivity contribution is 0.0994. The van der Waals surface area contributed by atoms with E-state index in [9.17, 15) is 4.79 Å². The number of ketones is 1. The van der Waals surface area contributed by atoms with E-state index in [1.165, 1.54) is 6.33 Å². The van der Waals surface area contributed by atoms with Crippen molar-refractivity contribution in [2.75, 3.05) is 0 Å². The van der Waals surface area contributed by atoms with Gasteiger partial charge in [0.1, 0.15) is 18.7 Å². The van der Waals surface area contributed by atoms with Gasteiger partial charge in [-0.1, -0.05) is 12.1 Å². The first kappa shape index (κ1) is 12.8. The summed E-state index contributed by atoms with van der Waals surface area (Å²) in [4.78, 5) is 15.9. The van der Waals surface area contributed by atoms with Crippen molar-refractivity contribution in [3.63, 3.8) is 0 Å². The first-order chi connectivity index (χ1) is 9.66. The minimum atomic E-state index is 0.204. The highest BCUT2D eigenvalue weighted by Gasteiger charge is 2.22. The summed E-state index contributed by atoms with van der Waals surface area (Å²) in [5, 5.41) is 4.18. The quantitative estimate of drug-likeness (QED) is 0.857. The molecule has 1 aromatic carbocycles. The van der Waals surface area contributed by atoms with Crippen LogP contribution in [0.4, 0.5) is 0 Å². The van der Waals surface area contributed by atoms with Crippen LogP contribution < -0.4 is 4.74 Å². The van der Waals surface area contributed by atoms with Gasteiger partial charge in [-0.05, 0) is 26.3 Å². The van der Waals surface area contributed by atoms with Crippen LogP contribution in [0.25, 0.3) is 0 Å². The van der Waals surface area contributed by atoms with Crippen LogP contribution in [-0.2, 0) is 13.0 Å². The van der Waals surface area contributed by atoms with E-state index >= 15 is 0 Å². The van der Waals surface area contributed by atoms with Crippen LogP contribution in [0.5, 0.6) is 5.75 Å². The number of rotatable bonds is 4. The average molecular weight is 271 g/mol. The van der Waals surface area contributed by atoms with Gasteiger partial charge in [0.15, 0.2) is 11.6 Å². The second-order valence-electron chi connectivity index (χ2n) is 5.21. The third kappa shape index (κ3) is 2.19. The molecule has 1 aliphatic rings. The Hall–Kier alpha value is -2.17. The number of hydrogen-bond donors (Lipinski definition) is 0. The first-order valence-corrected chi connectivity index (χ1v) is 6.83. The minimum Gasteiger partial charge on any atom is -0.485 e. The summed E-state index contributed by atoms with van der Waals surface area (Å²) < 4.78 is 7.70. The topological polar surface area (TPSA) is 57.0 Å². The number of nitrogens with zero attached hydrogens (tertiary/aromatic N) is 3. The predicted molar refractivity (Wildman–Crippen MR) is 73.8 cm³/mol. The lowest BCUT2D eigenvalue weighted by Gasteiger charge is -2.12. The summed E-state index contributed by atoms with van der Waals surface area (Å²) in [5.74, 6) is 1.78. The van der Waals surface area contributed by atoms with Crippen molar-refractivity contribution in [1.82, 2.24) is 14.8 Å². The molecule has 0 fully saturated rings. The zero-order chi connectivity index (χ0) is 14.1. The van der Waals surface area contributed by atoms with Crippen LogP contribution in [0.3, 0.4) is 0 Å². The molecule has 0 unspecified atom stereocenters. The van der Waals surface area contributed by atoms with Gasteiger partial charge in [0.05, 0.1) is 0 Å². The maximum Gasteiger partial charge on any atom is 0.165 e. The fourth-order valence-electron chi connectivity index (χ4n) is 2.54. The molecule has 5 nitrogen and oxygen atoms in total. The number of aromatic nitrogens is 3. The number of Topliss-reactive ketones (excluding diaryl/α,β-unsaturated/α-hetero) is 1. The molecule has 3 rings (SSSR count). The van der Waals surface area contributed by atoms with Gasteiger partial charge in [-0.3, -0.25) is 4.79 Å². The molecule has 104 valence electrons. The highest BCUT2D eigenvalue weighted by atomic mass is 16.5. The maximum atomic E-state index is 11.7. The second-order valence-corrected chi connectivity index (χ2v) is 5.21. The Labute approximate surface area is 117 Å². The molecule has 1 aliphatic carbocycles. The van der Waals surface area contributed by atoms with Gasteiger partial charge < -0.3 is 4.74 Å². The summed E-state index contributed by atoms with van der Waals surface area (Å²) in [6.45, 7) is 4.47. The summed E-state index contributed by atoms with van der Waals surface area (Å²) in [7, 11) is 0. The van der Waals surface area contributed by atoms with Gasteiger partial charge >= 0.3 is 0 Å². The molecule has 20 heavy (non-hydrogen) atoms. The lowest BCUT2D eigenvalue weighted by Crippen LogP contribution is -2.11. The van der Waals surface area contributed by atoms with Gasteiger partial charge in [0.2, 0.25) is 0 Å². The van der Waals surface area contributed by atoms with E-state index in [1.54, 1.807) is 0 Å². The van der Waals surface area contributed by atoms with Crippen molar-refractivity contribution in [2.45, 2.75) is 39.3 Å². The number of fused-ring (bicyclic) bond motifs is 1. The molecule has 1 aromatic heterocycles. The summed E-state index contributed by atoms with van der Waals surface area (Å²) in [5.41, 5.74) is 1.82. The summed E-state index contributed by atoms with van der Waals surface area (Å²) >= 11 is 0. The second kappa shape index (κ2) is 5.07. The number of carbonyl (C=O) groups excluding carboxylic acids is 1. The Morgan fingerprint density at radius 3 is 3.00 bits per heavy atom. The van der Waals surface area contributed by atoms with Crippen molar-refractivity contribution < 1.29 is 9.53 Å². The average Bonchev–Trinajstić information content (AvgIpc) is 3.04. The largest absolute Gasteiger partial charge is 0.485 e. The number of ether oxygens (including phenoxy) is 1. The number of hydrogen-bond acceptors (Lipinski definition) is 4. The lowest BCUT2D eigenvalue weighted by atomic mass is 10.1. The van der Waals surface area contributed by atoms with Gasteiger partial charge in [-0.25, -0.2) is 9.67 Å². The predicted octanol–water partition coefficient (Wildman–Crippen LogP) is 2.57. The van der Waals surface area contributed by atoms with E-state index in [4.69, 9.17) is 4.74 Å². The van der Waals surface area contributed by atoms with Crippen LogP contribution in [0.2, 0.25) is 0 Å². The molecule has 0 bridgehead atoms. The van der Waals surface area contributed by atoms with E-state index in [0.29, 0.717) is 13.0 Å². The highest BCUT2D eigenvalue weighted by molar-refractivity contribution is 6.01. The molecule has 0 spiro atoms. The van der Waals surface area contributed by atoms with Crippen molar-refractivity contribution in [3.8, 4) is 5.75 Å². The maximum absolute atomic E-state index is 11.7. The molecule has 0 atom stereocenters. The van der Waals surface area contributed by atoms with E-state index < -0.39 is 0 Å². The van der Waals surface area contributed by atoms with E-state index in [1.807, 2.05) is 22.9 Å². The monoisotopic (exact) mass is 271 g/mol. The smallest absolute Gasteiger partial charge is 0.165 e. The number of carbonyl (C=O) groups is 1. The summed E-state index contributed by atoms with van der Waals surface area (Å²) in [6, 6.07) is 5.89. The van der Waals surface area contributed by atoms with Gasteiger partial charge in [0.25, 0.3) is 0 Å². The fourth-order valence-corrected chi connectivity index (χ4v) is 2.54. The fraction of sp³-hybridized carbons (Fsp3) is 0.400. The Morgan fingerprint density at radius 1 is 1.35 bits per heavy atom.